The van der Waals surface area contributed by atoms with Gasteiger partial charge in [0.15, 0.2) is 0 Å². The summed E-state index contributed by atoms with van der Waals surface area (Å²) in [5.74, 6) is -0.508. The predicted molar refractivity (Wildman–Crippen MR) is 95.7 cm³/mol. The second-order valence-electron chi connectivity index (χ2n) is 5.98. The van der Waals surface area contributed by atoms with Crippen molar-refractivity contribution in [2.45, 2.75) is 40.0 Å². The van der Waals surface area contributed by atoms with Gasteiger partial charge in [-0.2, -0.15) is 0 Å². The number of aryl methyl sites for hydroxylation is 4. The molecule has 0 aliphatic heterocycles. The summed E-state index contributed by atoms with van der Waals surface area (Å²) in [6.45, 7) is 6.15. The van der Waals surface area contributed by atoms with Gasteiger partial charge in [0.05, 0.1) is 0 Å². The number of carbonyl (C=O) groups is 2. The van der Waals surface area contributed by atoms with E-state index in [-0.39, 0.29) is 11.8 Å². The molecule has 0 aliphatic carbocycles. The minimum absolute atomic E-state index is 0.200. The molecule has 0 aliphatic rings. The van der Waals surface area contributed by atoms with Gasteiger partial charge in [0.25, 0.3) is 5.91 Å². The Morgan fingerprint density at radius 1 is 0.958 bits per heavy atom. The van der Waals surface area contributed by atoms with E-state index in [4.69, 9.17) is 0 Å². The van der Waals surface area contributed by atoms with Crippen molar-refractivity contribution in [3.05, 3.63) is 70.3 Å². The van der Waals surface area contributed by atoms with Gasteiger partial charge in [-0.25, -0.2) is 0 Å². The molecule has 2 aromatic rings. The Hall–Kier alpha value is -2.62. The lowest BCUT2D eigenvalue weighted by Gasteiger charge is -2.09. The molecule has 24 heavy (non-hydrogen) atoms. The van der Waals surface area contributed by atoms with Crippen LogP contribution < -0.4 is 10.9 Å². The van der Waals surface area contributed by atoms with E-state index in [0.717, 1.165) is 12.0 Å². The molecular formula is C20H24N2O2. The highest BCUT2D eigenvalue weighted by atomic mass is 16.2. The normalized spacial score (nSPS) is 10.3. The van der Waals surface area contributed by atoms with E-state index in [9.17, 15) is 9.59 Å². The smallest absolute Gasteiger partial charge is 0.269 e. The molecular weight excluding hydrogens is 300 g/mol. The number of nitrogens with one attached hydrogen (secondary N) is 2. The molecule has 0 spiro atoms. The average molecular weight is 324 g/mol. The van der Waals surface area contributed by atoms with Gasteiger partial charge in [-0.05, 0) is 55.5 Å². The standard InChI is InChI=1S/C20H24N2O2/c1-4-16-6-9-18(10-7-16)20(24)22-21-19(23)12-11-17-8-5-14(2)13-15(17)3/h5-10,13H,4,11-12H2,1-3H3,(H,21,23)(H,22,24). The molecule has 0 aromatic heterocycles. The first-order valence-electron chi connectivity index (χ1n) is 8.24. The third-order valence-electron chi connectivity index (χ3n) is 4.06. The minimum Gasteiger partial charge on any atom is -0.273 e. The maximum Gasteiger partial charge on any atom is 0.269 e. The Morgan fingerprint density at radius 2 is 1.67 bits per heavy atom. The molecule has 0 bridgehead atoms. The largest absolute Gasteiger partial charge is 0.273 e. The molecule has 0 radical (unpaired) electrons. The first-order valence-corrected chi connectivity index (χ1v) is 8.24. The van der Waals surface area contributed by atoms with Crippen LogP contribution in [0.4, 0.5) is 0 Å². The fourth-order valence-corrected chi connectivity index (χ4v) is 2.53. The summed E-state index contributed by atoms with van der Waals surface area (Å²) < 4.78 is 0. The molecule has 4 heteroatoms. The van der Waals surface area contributed by atoms with Crippen molar-refractivity contribution >= 4 is 11.8 Å². The average Bonchev–Trinajstić information content (AvgIpc) is 2.59. The number of amides is 2. The molecule has 126 valence electrons. The Bertz CT molecular complexity index is 721. The van der Waals surface area contributed by atoms with Gasteiger partial charge in [-0.1, -0.05) is 42.8 Å². The minimum atomic E-state index is -0.308. The molecule has 0 heterocycles. The summed E-state index contributed by atoms with van der Waals surface area (Å²) in [6.07, 6.45) is 1.91. The third kappa shape index (κ3) is 4.95. The van der Waals surface area contributed by atoms with Crippen LogP contribution in [-0.2, 0) is 17.6 Å². The molecule has 2 amide bonds. The van der Waals surface area contributed by atoms with Crippen LogP contribution in [-0.4, -0.2) is 11.8 Å². The van der Waals surface area contributed by atoms with Crippen LogP contribution in [0.2, 0.25) is 0 Å². The highest BCUT2D eigenvalue weighted by Gasteiger charge is 2.08. The van der Waals surface area contributed by atoms with Crippen LogP contribution >= 0.6 is 0 Å². The van der Waals surface area contributed by atoms with Crippen molar-refractivity contribution in [3.8, 4) is 0 Å². The van der Waals surface area contributed by atoms with E-state index >= 15 is 0 Å². The Kier molecular flexibility index (Phi) is 6.13. The highest BCUT2D eigenvalue weighted by Crippen LogP contribution is 2.12. The number of benzene rings is 2. The quantitative estimate of drug-likeness (QED) is 0.829. The molecule has 0 saturated heterocycles. The van der Waals surface area contributed by atoms with E-state index < -0.39 is 0 Å². The molecule has 0 saturated carbocycles. The van der Waals surface area contributed by atoms with Gasteiger partial charge in [0.2, 0.25) is 5.91 Å². The van der Waals surface area contributed by atoms with Crippen LogP contribution in [0.1, 0.15) is 46.0 Å². The van der Waals surface area contributed by atoms with Crippen molar-refractivity contribution in [3.63, 3.8) is 0 Å². The van der Waals surface area contributed by atoms with Crippen molar-refractivity contribution < 1.29 is 9.59 Å². The summed E-state index contributed by atoms with van der Waals surface area (Å²) in [5, 5.41) is 0. The van der Waals surface area contributed by atoms with Crippen LogP contribution in [0.3, 0.4) is 0 Å². The van der Waals surface area contributed by atoms with Gasteiger partial charge in [0.1, 0.15) is 0 Å². The zero-order valence-corrected chi connectivity index (χ0v) is 14.5. The maximum atomic E-state index is 12.0. The first kappa shape index (κ1) is 17.7. The SMILES string of the molecule is CCc1ccc(C(=O)NNC(=O)CCc2ccc(C)cc2C)cc1. The van der Waals surface area contributed by atoms with Gasteiger partial charge < -0.3 is 0 Å². The van der Waals surface area contributed by atoms with E-state index in [2.05, 4.69) is 23.8 Å². The summed E-state index contributed by atoms with van der Waals surface area (Å²) in [6, 6.07) is 13.5. The van der Waals surface area contributed by atoms with Crippen LogP contribution in [0, 0.1) is 13.8 Å². The lowest BCUT2D eigenvalue weighted by Crippen LogP contribution is -2.41. The zero-order valence-electron chi connectivity index (χ0n) is 14.5. The van der Waals surface area contributed by atoms with E-state index in [1.54, 1.807) is 12.1 Å². The van der Waals surface area contributed by atoms with E-state index in [1.165, 1.54) is 16.7 Å². The van der Waals surface area contributed by atoms with Crippen molar-refractivity contribution in [2.75, 3.05) is 0 Å². The lowest BCUT2D eigenvalue weighted by atomic mass is 10.0. The number of hydrogen-bond acceptors (Lipinski definition) is 2. The zero-order chi connectivity index (χ0) is 17.5. The Morgan fingerprint density at radius 3 is 2.29 bits per heavy atom. The number of hydrogen-bond donors (Lipinski definition) is 2. The first-order chi connectivity index (χ1) is 11.5. The fourth-order valence-electron chi connectivity index (χ4n) is 2.53. The van der Waals surface area contributed by atoms with Gasteiger partial charge >= 0.3 is 0 Å². The summed E-state index contributed by atoms with van der Waals surface area (Å²) in [5.41, 5.74) is 10.2. The topological polar surface area (TPSA) is 58.2 Å². The van der Waals surface area contributed by atoms with Crippen molar-refractivity contribution in [1.29, 1.82) is 0 Å². The number of rotatable bonds is 5. The Labute approximate surface area is 143 Å². The van der Waals surface area contributed by atoms with Gasteiger partial charge in [-0.15, -0.1) is 0 Å². The van der Waals surface area contributed by atoms with Crippen LogP contribution in [0.5, 0.6) is 0 Å². The van der Waals surface area contributed by atoms with Crippen LogP contribution in [0.15, 0.2) is 42.5 Å². The number of carbonyl (C=O) groups excluding carboxylic acids is 2. The third-order valence-corrected chi connectivity index (χ3v) is 4.06. The maximum absolute atomic E-state index is 12.0. The van der Waals surface area contributed by atoms with Crippen molar-refractivity contribution in [1.82, 2.24) is 10.9 Å². The second-order valence-corrected chi connectivity index (χ2v) is 5.98. The van der Waals surface area contributed by atoms with Crippen molar-refractivity contribution in [2.24, 2.45) is 0 Å². The summed E-state index contributed by atoms with van der Waals surface area (Å²) in [7, 11) is 0. The van der Waals surface area contributed by atoms with Gasteiger partial charge in [0, 0.05) is 12.0 Å². The molecule has 0 atom stereocenters. The molecule has 4 nitrogen and oxygen atoms in total. The monoisotopic (exact) mass is 324 g/mol. The second kappa shape index (κ2) is 8.29. The van der Waals surface area contributed by atoms with E-state index in [0.29, 0.717) is 18.4 Å². The number of hydrazine groups is 1. The molecule has 0 unspecified atom stereocenters. The summed E-state index contributed by atoms with van der Waals surface area (Å²) in [4.78, 5) is 23.9. The molecule has 2 aromatic carbocycles. The molecule has 2 rings (SSSR count). The predicted octanol–water partition coefficient (Wildman–Crippen LogP) is 3.26. The van der Waals surface area contributed by atoms with Crippen LogP contribution in [0.25, 0.3) is 0 Å². The Balaban J connectivity index is 1.80. The van der Waals surface area contributed by atoms with Gasteiger partial charge in [-0.3, -0.25) is 20.4 Å². The lowest BCUT2D eigenvalue weighted by molar-refractivity contribution is -0.121. The fraction of sp³-hybridized carbons (Fsp3) is 0.300. The molecule has 2 N–H and O–H groups in total. The van der Waals surface area contributed by atoms with E-state index in [1.807, 2.05) is 38.1 Å². The summed E-state index contributed by atoms with van der Waals surface area (Å²) >= 11 is 0. The molecule has 0 fully saturated rings. The highest BCUT2D eigenvalue weighted by molar-refractivity contribution is 5.95.